The minimum absolute atomic E-state index is 0.0272. The van der Waals surface area contributed by atoms with Crippen LogP contribution in [-0.4, -0.2) is 55.5 Å². The number of fused-ring (bicyclic) bond motifs is 6. The Kier molecular flexibility index (Phi) is 6.01. The van der Waals surface area contributed by atoms with Gasteiger partial charge in [-0.15, -0.1) is 0 Å². The Labute approximate surface area is 229 Å². The number of aromatic amines is 1. The first-order valence-corrected chi connectivity index (χ1v) is 13.3. The molecule has 0 saturated carbocycles. The summed E-state index contributed by atoms with van der Waals surface area (Å²) in [5.41, 5.74) is 4.32. The van der Waals surface area contributed by atoms with E-state index in [2.05, 4.69) is 25.3 Å². The predicted molar refractivity (Wildman–Crippen MR) is 140 cm³/mol. The van der Waals surface area contributed by atoms with E-state index in [9.17, 15) is 9.59 Å². The first-order valence-electron chi connectivity index (χ1n) is 12.9. The fourth-order valence-corrected chi connectivity index (χ4v) is 5.58. The maximum absolute atomic E-state index is 16.1. The number of pyridine rings is 1. The molecule has 0 spiro atoms. The molecule has 2 N–H and O–H groups in total. The van der Waals surface area contributed by atoms with Crippen molar-refractivity contribution in [1.29, 1.82) is 0 Å². The van der Waals surface area contributed by atoms with Crippen LogP contribution >= 0.6 is 11.6 Å². The number of halogens is 2. The maximum atomic E-state index is 16.1. The number of amides is 2. The van der Waals surface area contributed by atoms with E-state index in [0.29, 0.717) is 60.4 Å². The molecule has 3 aromatic heterocycles. The SMILES string of the molecule is CC1CNC(=O)c2c1[nH]c1c2CCc2cnc(Oc3nc(Cl)nc4c3CN(C(=O)OC(C)(C)C)CC4)c(F)c2-1. The summed E-state index contributed by atoms with van der Waals surface area (Å²) in [4.78, 5) is 43.0. The second-order valence-electron chi connectivity index (χ2n) is 11.1. The lowest BCUT2D eigenvalue weighted by molar-refractivity contribution is 0.0221. The summed E-state index contributed by atoms with van der Waals surface area (Å²) in [7, 11) is 0. The van der Waals surface area contributed by atoms with Crippen LogP contribution in [-0.2, 0) is 30.5 Å². The molecule has 0 bridgehead atoms. The zero-order valence-electron chi connectivity index (χ0n) is 22.1. The number of rotatable bonds is 2. The number of carbonyl (C=O) groups excluding carboxylic acids is 2. The lowest BCUT2D eigenvalue weighted by atomic mass is 9.87. The highest BCUT2D eigenvalue weighted by Gasteiger charge is 2.35. The van der Waals surface area contributed by atoms with Gasteiger partial charge >= 0.3 is 6.09 Å². The minimum Gasteiger partial charge on any atom is -0.444 e. The molecule has 1 atom stereocenters. The fraction of sp³-hybridized carbons (Fsp3) is 0.444. The summed E-state index contributed by atoms with van der Waals surface area (Å²) in [5.74, 6) is -0.984. The summed E-state index contributed by atoms with van der Waals surface area (Å²) >= 11 is 6.18. The molecule has 2 amide bonds. The Hall–Kier alpha value is -3.73. The molecule has 1 unspecified atom stereocenters. The monoisotopic (exact) mass is 554 g/mol. The molecule has 10 nitrogen and oxygen atoms in total. The van der Waals surface area contributed by atoms with Gasteiger partial charge in [0.1, 0.15) is 5.60 Å². The Morgan fingerprint density at radius 3 is 2.72 bits per heavy atom. The fourth-order valence-electron chi connectivity index (χ4n) is 5.40. The molecule has 3 aromatic rings. The summed E-state index contributed by atoms with van der Waals surface area (Å²) in [5, 5.41) is 2.86. The summed E-state index contributed by atoms with van der Waals surface area (Å²) in [6, 6.07) is 0. The van der Waals surface area contributed by atoms with Crippen molar-refractivity contribution < 1.29 is 23.5 Å². The zero-order valence-corrected chi connectivity index (χ0v) is 22.8. The zero-order chi connectivity index (χ0) is 27.6. The van der Waals surface area contributed by atoms with E-state index >= 15 is 4.39 Å². The van der Waals surface area contributed by atoms with Gasteiger partial charge in [-0.25, -0.2) is 19.2 Å². The van der Waals surface area contributed by atoms with Crippen molar-refractivity contribution in [2.45, 2.75) is 65.0 Å². The number of hydrogen-bond acceptors (Lipinski definition) is 7. The molecule has 0 fully saturated rings. The highest BCUT2D eigenvalue weighted by Crippen LogP contribution is 2.43. The van der Waals surface area contributed by atoms with Gasteiger partial charge < -0.3 is 24.7 Å². The number of hydrogen-bond donors (Lipinski definition) is 2. The lowest BCUT2D eigenvalue weighted by Gasteiger charge is -2.31. The standard InChI is InChI=1S/C27H28ClFN6O4/c1-12-9-30-22(36)18-14-6-5-13-10-31-24(19(29)17(13)21(14)33-20(12)18)38-23-15-11-35(26(37)39-27(2,3)4)8-7-16(15)32-25(28)34-23/h10,12,33H,5-9,11H2,1-4H3,(H,30,36). The topological polar surface area (TPSA) is 122 Å². The molecule has 12 heteroatoms. The van der Waals surface area contributed by atoms with Gasteiger partial charge in [-0.3, -0.25) is 4.79 Å². The maximum Gasteiger partial charge on any atom is 0.410 e. The summed E-state index contributed by atoms with van der Waals surface area (Å²) < 4.78 is 27.6. The van der Waals surface area contributed by atoms with Crippen molar-refractivity contribution in [3.8, 4) is 23.0 Å². The van der Waals surface area contributed by atoms with E-state index in [1.807, 2.05) is 6.92 Å². The van der Waals surface area contributed by atoms with Crippen LogP contribution in [0.2, 0.25) is 5.28 Å². The van der Waals surface area contributed by atoms with Crippen LogP contribution in [0.4, 0.5) is 9.18 Å². The molecule has 6 rings (SSSR count). The van der Waals surface area contributed by atoms with E-state index in [4.69, 9.17) is 21.1 Å². The van der Waals surface area contributed by atoms with Gasteiger partial charge in [0.15, 0.2) is 5.82 Å². The Bertz CT molecular complexity index is 1530. The third-order valence-electron chi connectivity index (χ3n) is 7.22. The average molecular weight is 555 g/mol. The van der Waals surface area contributed by atoms with Crippen molar-refractivity contribution in [2.75, 3.05) is 13.1 Å². The van der Waals surface area contributed by atoms with Gasteiger partial charge in [0.25, 0.3) is 11.8 Å². The molecular formula is C27H28ClFN6O4. The van der Waals surface area contributed by atoms with E-state index in [1.165, 1.54) is 4.90 Å². The number of H-pyrrole nitrogens is 1. The number of nitrogens with zero attached hydrogens (tertiary/aromatic N) is 4. The smallest absolute Gasteiger partial charge is 0.410 e. The molecule has 0 saturated heterocycles. The van der Waals surface area contributed by atoms with E-state index in [1.54, 1.807) is 27.0 Å². The molecule has 0 aromatic carbocycles. The molecule has 0 radical (unpaired) electrons. The molecular weight excluding hydrogens is 527 g/mol. The largest absolute Gasteiger partial charge is 0.444 e. The second-order valence-corrected chi connectivity index (χ2v) is 11.5. The minimum atomic E-state index is -0.664. The van der Waals surface area contributed by atoms with E-state index in [0.717, 1.165) is 16.8 Å². The molecule has 39 heavy (non-hydrogen) atoms. The molecule has 3 aliphatic rings. The summed E-state index contributed by atoms with van der Waals surface area (Å²) in [6.07, 6.45) is 2.66. The highest BCUT2D eigenvalue weighted by atomic mass is 35.5. The number of ether oxygens (including phenoxy) is 2. The molecule has 204 valence electrons. The van der Waals surface area contributed by atoms with Crippen LogP contribution in [0.15, 0.2) is 6.20 Å². The third-order valence-corrected chi connectivity index (χ3v) is 7.39. The van der Waals surface area contributed by atoms with Crippen molar-refractivity contribution in [3.63, 3.8) is 0 Å². The Morgan fingerprint density at radius 2 is 1.95 bits per heavy atom. The van der Waals surface area contributed by atoms with Crippen LogP contribution < -0.4 is 10.1 Å². The van der Waals surface area contributed by atoms with Gasteiger partial charge in [-0.2, -0.15) is 4.98 Å². The van der Waals surface area contributed by atoms with Gasteiger partial charge in [0.2, 0.25) is 11.2 Å². The average Bonchev–Trinajstić information content (AvgIpc) is 3.27. The van der Waals surface area contributed by atoms with Crippen molar-refractivity contribution in [2.24, 2.45) is 0 Å². The van der Waals surface area contributed by atoms with Gasteiger partial charge in [-0.05, 0) is 56.3 Å². The quantitative estimate of drug-likeness (QED) is 0.441. The van der Waals surface area contributed by atoms with Crippen LogP contribution in [0.3, 0.4) is 0 Å². The van der Waals surface area contributed by atoms with Gasteiger partial charge in [0.05, 0.1) is 29.1 Å². The Balaban J connectivity index is 1.37. The predicted octanol–water partition coefficient (Wildman–Crippen LogP) is 4.69. The van der Waals surface area contributed by atoms with E-state index < -0.39 is 17.5 Å². The van der Waals surface area contributed by atoms with Crippen LogP contribution in [0.5, 0.6) is 11.8 Å². The molecule has 1 aliphatic carbocycles. The van der Waals surface area contributed by atoms with Gasteiger partial charge in [0, 0.05) is 42.9 Å². The van der Waals surface area contributed by atoms with Crippen LogP contribution in [0.1, 0.15) is 72.0 Å². The number of nitrogens with one attached hydrogen (secondary N) is 2. The lowest BCUT2D eigenvalue weighted by Crippen LogP contribution is -2.40. The van der Waals surface area contributed by atoms with Crippen molar-refractivity contribution in [1.82, 2.24) is 30.2 Å². The van der Waals surface area contributed by atoms with E-state index in [-0.39, 0.29) is 35.4 Å². The first-order chi connectivity index (χ1) is 18.5. The first kappa shape index (κ1) is 25.5. The number of aryl methyl sites for hydroxylation is 1. The van der Waals surface area contributed by atoms with Crippen molar-refractivity contribution in [3.05, 3.63) is 50.9 Å². The molecule has 2 aliphatic heterocycles. The van der Waals surface area contributed by atoms with Crippen LogP contribution in [0.25, 0.3) is 11.3 Å². The van der Waals surface area contributed by atoms with Crippen molar-refractivity contribution >= 4 is 23.6 Å². The highest BCUT2D eigenvalue weighted by molar-refractivity contribution is 6.28. The summed E-state index contributed by atoms with van der Waals surface area (Å²) in [6.45, 7) is 8.42. The number of aromatic nitrogens is 4. The normalized spacial score (nSPS) is 17.9. The van der Waals surface area contributed by atoms with Crippen LogP contribution in [0, 0.1) is 5.82 Å². The van der Waals surface area contributed by atoms with Gasteiger partial charge in [-0.1, -0.05) is 6.92 Å². The number of carbonyl (C=O) groups is 2. The Morgan fingerprint density at radius 1 is 1.15 bits per heavy atom. The molecule has 5 heterocycles. The third kappa shape index (κ3) is 4.48. The second kappa shape index (κ2) is 9.18.